The molecule has 0 saturated carbocycles. The van der Waals surface area contributed by atoms with E-state index in [0.717, 1.165) is 0 Å². The third kappa shape index (κ3) is 2.68. The number of carbonyl (C=O) groups excluding carboxylic acids is 1. The Morgan fingerprint density at radius 1 is 1.05 bits per heavy atom. The second kappa shape index (κ2) is 4.63. The molecule has 0 amide bonds. The average molecular weight is 302 g/mol. The van der Waals surface area contributed by atoms with Gasteiger partial charge in [-0.2, -0.15) is 0 Å². The molecular weight excluding hydrogens is 280 g/mol. The minimum Gasteiger partial charge on any atom is -0.428 e. The first-order chi connectivity index (χ1) is 9.63. The molecule has 21 heavy (non-hydrogen) atoms. The molecule has 3 saturated heterocycles. The van der Waals surface area contributed by atoms with Crippen molar-refractivity contribution in [3.05, 3.63) is 0 Å². The first-order valence-electron chi connectivity index (χ1n) is 7.13. The van der Waals surface area contributed by atoms with E-state index in [4.69, 9.17) is 28.4 Å². The van der Waals surface area contributed by atoms with Gasteiger partial charge in [-0.25, -0.2) is 0 Å². The Bertz CT molecular complexity index is 447. The standard InChI is InChI=1S/C14H22O7/c1-8(15)18-14-7-17-13(4,5)21-11(14)10-9(19-14)6-16-12(2,3)20-10/h9-11H,6-7H2,1-5H3/t9-,10+,11-,14-/m0/s1. The lowest BCUT2D eigenvalue weighted by Gasteiger charge is -2.45. The highest BCUT2D eigenvalue weighted by molar-refractivity contribution is 5.66. The number of hydrogen-bond acceptors (Lipinski definition) is 7. The van der Waals surface area contributed by atoms with Crippen LogP contribution in [0, 0.1) is 0 Å². The van der Waals surface area contributed by atoms with E-state index in [-0.39, 0.29) is 18.8 Å². The Morgan fingerprint density at radius 2 is 1.71 bits per heavy atom. The summed E-state index contributed by atoms with van der Waals surface area (Å²) >= 11 is 0. The molecule has 0 aromatic rings. The molecule has 0 spiro atoms. The summed E-state index contributed by atoms with van der Waals surface area (Å²) in [5.74, 6) is -3.26. The highest BCUT2D eigenvalue weighted by Crippen LogP contribution is 2.45. The zero-order valence-electron chi connectivity index (χ0n) is 13.0. The molecule has 0 unspecified atom stereocenters. The van der Waals surface area contributed by atoms with Crippen molar-refractivity contribution in [1.29, 1.82) is 0 Å². The van der Waals surface area contributed by atoms with Crippen LogP contribution in [0.5, 0.6) is 0 Å². The molecule has 3 rings (SSSR count). The van der Waals surface area contributed by atoms with E-state index in [1.54, 1.807) is 0 Å². The van der Waals surface area contributed by atoms with Crippen LogP contribution in [0.2, 0.25) is 0 Å². The van der Waals surface area contributed by atoms with Crippen molar-refractivity contribution < 1.29 is 33.2 Å². The molecule has 120 valence electrons. The van der Waals surface area contributed by atoms with Gasteiger partial charge >= 0.3 is 5.97 Å². The van der Waals surface area contributed by atoms with Crippen LogP contribution in [0.4, 0.5) is 0 Å². The molecule has 0 aliphatic carbocycles. The number of carbonyl (C=O) groups is 1. The van der Waals surface area contributed by atoms with Crippen molar-refractivity contribution in [2.45, 2.75) is 70.3 Å². The summed E-state index contributed by atoms with van der Waals surface area (Å²) in [5.41, 5.74) is 0. The minimum absolute atomic E-state index is 0.0982. The monoisotopic (exact) mass is 302 g/mol. The molecule has 0 aromatic carbocycles. The normalized spacial score (nSPS) is 43.8. The molecule has 3 heterocycles. The highest BCUT2D eigenvalue weighted by atomic mass is 16.8. The Labute approximate surface area is 123 Å². The third-order valence-corrected chi connectivity index (χ3v) is 3.81. The number of fused-ring (bicyclic) bond motifs is 3. The Balaban J connectivity index is 1.91. The van der Waals surface area contributed by atoms with E-state index >= 15 is 0 Å². The Kier molecular flexibility index (Phi) is 3.35. The number of rotatable bonds is 1. The largest absolute Gasteiger partial charge is 0.428 e. The van der Waals surface area contributed by atoms with Gasteiger partial charge in [0.2, 0.25) is 0 Å². The highest BCUT2D eigenvalue weighted by Gasteiger charge is 2.65. The van der Waals surface area contributed by atoms with Gasteiger partial charge in [0.1, 0.15) is 18.8 Å². The summed E-state index contributed by atoms with van der Waals surface area (Å²) in [7, 11) is 0. The van der Waals surface area contributed by atoms with Gasteiger partial charge in [-0.05, 0) is 27.7 Å². The van der Waals surface area contributed by atoms with Crippen molar-refractivity contribution in [3.8, 4) is 0 Å². The first-order valence-corrected chi connectivity index (χ1v) is 7.13. The lowest BCUT2D eigenvalue weighted by atomic mass is 10.0. The van der Waals surface area contributed by atoms with Crippen molar-refractivity contribution in [3.63, 3.8) is 0 Å². The van der Waals surface area contributed by atoms with Gasteiger partial charge in [0, 0.05) is 6.92 Å². The van der Waals surface area contributed by atoms with Gasteiger partial charge < -0.3 is 28.4 Å². The van der Waals surface area contributed by atoms with E-state index < -0.39 is 29.4 Å². The van der Waals surface area contributed by atoms with Gasteiger partial charge in [0.15, 0.2) is 17.7 Å². The summed E-state index contributed by atoms with van der Waals surface area (Å²) < 4.78 is 34.5. The molecule has 7 heteroatoms. The Hall–Kier alpha value is -0.730. The van der Waals surface area contributed by atoms with Gasteiger partial charge in [0.05, 0.1) is 6.61 Å². The molecule has 0 radical (unpaired) electrons. The van der Waals surface area contributed by atoms with Crippen molar-refractivity contribution in [2.75, 3.05) is 13.2 Å². The van der Waals surface area contributed by atoms with E-state index in [2.05, 4.69) is 0 Å². The number of hydrogen-bond donors (Lipinski definition) is 0. The zero-order valence-corrected chi connectivity index (χ0v) is 13.0. The average Bonchev–Trinajstić information content (AvgIpc) is 2.61. The molecule has 3 aliphatic rings. The molecule has 4 atom stereocenters. The first kappa shape index (κ1) is 15.2. The number of esters is 1. The van der Waals surface area contributed by atoms with E-state index in [1.165, 1.54) is 6.92 Å². The summed E-state index contributed by atoms with van der Waals surface area (Å²) in [4.78, 5) is 11.5. The second-order valence-electron chi connectivity index (χ2n) is 6.58. The van der Waals surface area contributed by atoms with Crippen LogP contribution in [0.3, 0.4) is 0 Å². The molecule has 0 bridgehead atoms. The lowest BCUT2D eigenvalue weighted by molar-refractivity contribution is -0.381. The zero-order chi connectivity index (χ0) is 15.5. The summed E-state index contributed by atoms with van der Waals surface area (Å²) in [6, 6.07) is 0. The summed E-state index contributed by atoms with van der Waals surface area (Å²) in [6.07, 6.45) is -1.30. The molecule has 0 aromatic heterocycles. The maximum absolute atomic E-state index is 11.5. The predicted molar refractivity (Wildman–Crippen MR) is 69.2 cm³/mol. The van der Waals surface area contributed by atoms with Crippen LogP contribution < -0.4 is 0 Å². The second-order valence-corrected chi connectivity index (χ2v) is 6.58. The van der Waals surface area contributed by atoms with E-state index in [0.29, 0.717) is 6.61 Å². The van der Waals surface area contributed by atoms with Gasteiger partial charge in [-0.3, -0.25) is 4.79 Å². The minimum atomic E-state index is -1.28. The molecule has 3 aliphatic heterocycles. The van der Waals surface area contributed by atoms with Crippen molar-refractivity contribution in [2.24, 2.45) is 0 Å². The molecular formula is C14H22O7. The summed E-state index contributed by atoms with van der Waals surface area (Å²) in [6.45, 7) is 9.06. The smallest absolute Gasteiger partial charge is 0.305 e. The van der Waals surface area contributed by atoms with Crippen LogP contribution in [-0.4, -0.2) is 54.9 Å². The quantitative estimate of drug-likeness (QED) is 0.668. The van der Waals surface area contributed by atoms with Gasteiger partial charge in [-0.15, -0.1) is 0 Å². The van der Waals surface area contributed by atoms with Crippen LogP contribution in [-0.2, 0) is 33.2 Å². The molecule has 0 N–H and O–H groups in total. The fourth-order valence-electron chi connectivity index (χ4n) is 2.99. The van der Waals surface area contributed by atoms with Crippen molar-refractivity contribution >= 4 is 5.97 Å². The fourth-order valence-corrected chi connectivity index (χ4v) is 2.99. The topological polar surface area (TPSA) is 72.5 Å². The van der Waals surface area contributed by atoms with Gasteiger partial charge in [-0.1, -0.05) is 0 Å². The summed E-state index contributed by atoms with van der Waals surface area (Å²) in [5, 5.41) is 0. The maximum atomic E-state index is 11.5. The third-order valence-electron chi connectivity index (χ3n) is 3.81. The predicted octanol–water partition coefficient (Wildman–Crippen LogP) is 0.948. The maximum Gasteiger partial charge on any atom is 0.305 e. The molecule has 3 fully saturated rings. The number of ether oxygens (including phenoxy) is 6. The van der Waals surface area contributed by atoms with E-state index in [9.17, 15) is 4.79 Å². The van der Waals surface area contributed by atoms with Crippen LogP contribution in [0.1, 0.15) is 34.6 Å². The van der Waals surface area contributed by atoms with Gasteiger partial charge in [0.25, 0.3) is 5.79 Å². The van der Waals surface area contributed by atoms with Crippen LogP contribution >= 0.6 is 0 Å². The van der Waals surface area contributed by atoms with Crippen LogP contribution in [0.25, 0.3) is 0 Å². The SMILES string of the molecule is CC(=O)O[C@]12COC(C)(C)O[C@H]1[C@@H]1OC(C)(C)OC[C@@H]1O2. The lowest BCUT2D eigenvalue weighted by Crippen LogP contribution is -2.61. The Morgan fingerprint density at radius 3 is 2.38 bits per heavy atom. The molecule has 7 nitrogen and oxygen atoms in total. The fraction of sp³-hybridized carbons (Fsp3) is 0.929. The van der Waals surface area contributed by atoms with E-state index in [1.807, 2.05) is 27.7 Å². The van der Waals surface area contributed by atoms with Crippen LogP contribution in [0.15, 0.2) is 0 Å². The van der Waals surface area contributed by atoms with Crippen molar-refractivity contribution in [1.82, 2.24) is 0 Å².